The molecule has 382 valence electrons. The number of nitrogens with one attached hydrogen (secondary N) is 5. The minimum absolute atomic E-state index is 0.0684. The predicted octanol–water partition coefficient (Wildman–Crippen LogP) is 6.75. The van der Waals surface area contributed by atoms with E-state index >= 15 is 9.59 Å². The number of aryl methyl sites for hydroxylation is 2. The minimum atomic E-state index is -1.41. The van der Waals surface area contributed by atoms with Crippen LogP contribution in [0, 0.1) is 36.5 Å². The number of carbonyl (C=O) groups is 6. The maximum atomic E-state index is 15.1. The van der Waals surface area contributed by atoms with Crippen LogP contribution in [0.5, 0.6) is 0 Å². The molecule has 16 heteroatoms. The lowest BCUT2D eigenvalue weighted by Gasteiger charge is -2.28. The number of amides is 5. The molecular weight excluding hydrogens is 957 g/mol. The predicted molar refractivity (Wildman–Crippen MR) is 291 cm³/mol. The molecule has 5 atom stereocenters. The Bertz CT molecular complexity index is 3350. The number of fused-ring (bicyclic) bond motifs is 4. The van der Waals surface area contributed by atoms with Crippen molar-refractivity contribution in [2.75, 3.05) is 35.3 Å². The number of hydrogen-bond donors (Lipinski definition) is 5. The van der Waals surface area contributed by atoms with Crippen molar-refractivity contribution in [1.29, 1.82) is 10.5 Å². The fourth-order valence-electron chi connectivity index (χ4n) is 9.90. The molecular formula is C60H56N10O6. The fourth-order valence-corrected chi connectivity index (χ4v) is 9.90. The first-order valence-corrected chi connectivity index (χ1v) is 25.0. The molecule has 0 saturated heterocycles. The number of nitrogens with zero attached hydrogens (tertiary/aromatic N) is 5. The topological polar surface area (TPSA) is 220 Å². The Kier molecular flexibility index (Phi) is 14.9. The number of benzene rings is 7. The smallest absolute Gasteiger partial charge is 0.264 e. The van der Waals surface area contributed by atoms with Gasteiger partial charge < -0.3 is 36.0 Å². The third kappa shape index (κ3) is 10.0. The van der Waals surface area contributed by atoms with Gasteiger partial charge in [0.1, 0.15) is 12.1 Å². The lowest BCUT2D eigenvalue weighted by molar-refractivity contribution is -0.129. The molecule has 16 nitrogen and oxygen atoms in total. The second-order valence-electron chi connectivity index (χ2n) is 19.2. The Labute approximate surface area is 440 Å². The largest absolute Gasteiger partial charge is 0.341 e. The van der Waals surface area contributed by atoms with Crippen molar-refractivity contribution in [2.45, 2.75) is 71.1 Å². The zero-order valence-electron chi connectivity index (χ0n) is 42.9. The first-order chi connectivity index (χ1) is 36.6. The van der Waals surface area contributed by atoms with Gasteiger partial charge in [0.25, 0.3) is 17.7 Å². The highest BCUT2D eigenvalue weighted by Gasteiger charge is 2.41. The lowest BCUT2D eigenvalue weighted by Crippen LogP contribution is -2.58. The third-order valence-electron chi connectivity index (χ3n) is 14.6. The van der Waals surface area contributed by atoms with Crippen LogP contribution in [-0.2, 0) is 32.3 Å². The lowest BCUT2D eigenvalue weighted by atomic mass is 9.93. The van der Waals surface area contributed by atoms with Gasteiger partial charge in [0.2, 0.25) is 11.8 Å². The van der Waals surface area contributed by atoms with Gasteiger partial charge in [0.15, 0.2) is 11.9 Å². The molecule has 7 aromatic carbocycles. The van der Waals surface area contributed by atoms with Crippen molar-refractivity contribution in [3.63, 3.8) is 0 Å². The Morgan fingerprint density at radius 1 is 0.618 bits per heavy atom. The Morgan fingerprint density at radius 3 is 1.70 bits per heavy atom. The van der Waals surface area contributed by atoms with E-state index in [1.165, 1.54) is 34.1 Å². The molecule has 0 fully saturated rings. The second-order valence-corrected chi connectivity index (χ2v) is 19.2. The van der Waals surface area contributed by atoms with E-state index in [0.717, 1.165) is 43.8 Å². The highest BCUT2D eigenvalue weighted by atomic mass is 16.2. The van der Waals surface area contributed by atoms with E-state index < -0.39 is 65.7 Å². The molecule has 0 radical (unpaired) electrons. The molecule has 76 heavy (non-hydrogen) atoms. The fraction of sp³-hybridized carbons (Fsp3) is 0.233. The van der Waals surface area contributed by atoms with Crippen LogP contribution in [0.25, 0.3) is 21.5 Å². The highest BCUT2D eigenvalue weighted by Crippen LogP contribution is 2.39. The minimum Gasteiger partial charge on any atom is -0.341 e. The Hall–Kier alpha value is -9.06. The maximum absolute atomic E-state index is 15.1. The number of Topliss-reactive ketones (excluding diaryl/α,β-unsaturated/α-hetero) is 1. The van der Waals surface area contributed by atoms with E-state index in [1.54, 1.807) is 69.2 Å². The molecule has 2 heterocycles. The summed E-state index contributed by atoms with van der Waals surface area (Å²) in [6, 6.07) is 39.4. The van der Waals surface area contributed by atoms with E-state index in [9.17, 15) is 29.7 Å². The van der Waals surface area contributed by atoms with Gasteiger partial charge in [-0.05, 0) is 134 Å². The van der Waals surface area contributed by atoms with Gasteiger partial charge >= 0.3 is 0 Å². The normalized spacial score (nSPS) is 17.1. The summed E-state index contributed by atoms with van der Waals surface area (Å²) in [4.78, 5) is 91.8. The molecule has 0 saturated carbocycles. The summed E-state index contributed by atoms with van der Waals surface area (Å²) in [7, 11) is 3.23. The first-order valence-electron chi connectivity index (χ1n) is 25.0. The number of anilines is 3. The summed E-state index contributed by atoms with van der Waals surface area (Å²) in [5.74, 6) is -3.10. The summed E-state index contributed by atoms with van der Waals surface area (Å²) >= 11 is 0. The van der Waals surface area contributed by atoms with E-state index in [-0.39, 0.29) is 47.6 Å². The summed E-state index contributed by atoms with van der Waals surface area (Å²) in [6.07, 6.45) is -1.41. The second kappa shape index (κ2) is 21.8. The molecule has 5 N–H and O–H groups in total. The van der Waals surface area contributed by atoms with Crippen molar-refractivity contribution in [2.24, 2.45) is 0 Å². The molecule has 7 aromatic rings. The number of likely N-dealkylation sites (N-methyl/N-ethyl adjacent to an activating group) is 2. The molecule has 2 aliphatic heterocycles. The van der Waals surface area contributed by atoms with Crippen molar-refractivity contribution in [3.05, 3.63) is 184 Å². The van der Waals surface area contributed by atoms with Crippen molar-refractivity contribution in [1.82, 2.24) is 26.6 Å². The summed E-state index contributed by atoms with van der Waals surface area (Å²) in [6.45, 7) is 7.05. The van der Waals surface area contributed by atoms with Gasteiger partial charge in [-0.15, -0.1) is 0 Å². The number of rotatable bonds is 13. The van der Waals surface area contributed by atoms with Gasteiger partial charge in [-0.1, -0.05) is 84.9 Å². The zero-order valence-corrected chi connectivity index (χ0v) is 42.9. The van der Waals surface area contributed by atoms with Crippen LogP contribution in [0.1, 0.15) is 79.5 Å². The number of carbonyl (C=O) groups excluding carboxylic acids is 6. The average Bonchev–Trinajstić information content (AvgIpc) is 3.68. The summed E-state index contributed by atoms with van der Waals surface area (Å²) in [5, 5.41) is 38.8. The van der Waals surface area contributed by atoms with Crippen LogP contribution in [0.3, 0.4) is 0 Å². The van der Waals surface area contributed by atoms with E-state index in [4.69, 9.17) is 0 Å². The van der Waals surface area contributed by atoms with Crippen LogP contribution >= 0.6 is 0 Å². The van der Waals surface area contributed by atoms with Crippen LogP contribution < -0.4 is 41.3 Å². The molecule has 9 rings (SSSR count). The van der Waals surface area contributed by atoms with Gasteiger partial charge in [-0.2, -0.15) is 10.5 Å². The standard InChI is InChI=1S/C60H56N10O6/c1-34-15-19-40-11-7-9-13-44(40)47(34)31-68-50-25-17-38(29-61)27-46(50)53(66-55(60(68)76)67-57(73)37(4)64-6)54(71)42-21-23-43(24-22-42)58(74)70-33-49(65-56(72)36(3)63-5)59(75)69(51-26-18-39(30-62)28-52(51)70)32-48-35(2)16-20-41-12-8-10-14-45(41)48/h7-28,36-37,49,53,55,63-64,66H,31-33H2,1-6H3,(H,65,72)(H,67,73). The number of nitriles is 2. The number of hydrogen-bond acceptors (Lipinski definition) is 11. The average molecular weight is 1010 g/mol. The molecule has 5 unspecified atom stereocenters. The van der Waals surface area contributed by atoms with Crippen LogP contribution in [-0.4, -0.2) is 80.3 Å². The molecule has 0 spiro atoms. The third-order valence-corrected chi connectivity index (χ3v) is 14.6. The Balaban J connectivity index is 1.10. The molecule has 5 amide bonds. The van der Waals surface area contributed by atoms with Crippen molar-refractivity contribution < 1.29 is 28.8 Å². The van der Waals surface area contributed by atoms with Gasteiger partial charge in [0, 0.05) is 22.4 Å². The van der Waals surface area contributed by atoms with Gasteiger partial charge in [-0.3, -0.25) is 34.1 Å². The Morgan fingerprint density at radius 2 is 1.13 bits per heavy atom. The maximum Gasteiger partial charge on any atom is 0.264 e. The molecule has 0 bridgehead atoms. The van der Waals surface area contributed by atoms with Crippen molar-refractivity contribution >= 4 is 73.9 Å². The van der Waals surface area contributed by atoms with Crippen LogP contribution in [0.4, 0.5) is 17.1 Å². The van der Waals surface area contributed by atoms with E-state index in [1.807, 2.05) is 86.6 Å². The molecule has 0 aliphatic carbocycles. The SMILES string of the molecule is CNC(C)C(=O)NC1CN(C(=O)c2ccc(C(=O)C3NC(NC(=O)C(C)NC)C(=O)N(Cc4c(C)ccc5ccccc45)c4ccc(C#N)cc43)cc2)c2cc(C#N)ccc2N(Cc2c(C)ccc3ccccc23)C1=O. The van der Waals surface area contributed by atoms with E-state index in [2.05, 4.69) is 38.7 Å². The molecule has 0 aromatic heterocycles. The van der Waals surface area contributed by atoms with Crippen molar-refractivity contribution in [3.8, 4) is 12.1 Å². The molecule has 2 aliphatic rings. The zero-order chi connectivity index (χ0) is 53.9. The van der Waals surface area contributed by atoms with E-state index in [0.29, 0.717) is 16.9 Å². The monoisotopic (exact) mass is 1010 g/mol. The summed E-state index contributed by atoms with van der Waals surface area (Å²) < 4.78 is 0. The number of ketones is 1. The summed E-state index contributed by atoms with van der Waals surface area (Å²) in [5.41, 5.74) is 5.54. The highest BCUT2D eigenvalue weighted by molar-refractivity contribution is 6.14. The van der Waals surface area contributed by atoms with Gasteiger partial charge in [0.05, 0.1) is 66.4 Å². The quantitative estimate of drug-likeness (QED) is 0.0761. The van der Waals surface area contributed by atoms with Gasteiger partial charge in [-0.25, -0.2) is 0 Å². The van der Waals surface area contributed by atoms with Crippen LogP contribution in [0.2, 0.25) is 0 Å². The first kappa shape index (κ1) is 51.8. The van der Waals surface area contributed by atoms with Crippen LogP contribution in [0.15, 0.2) is 133 Å².